The molecular weight excluding hydrogens is 362 g/mol. The molecule has 0 spiro atoms. The molecule has 29 heavy (non-hydrogen) atoms. The molecule has 0 atom stereocenters. The Morgan fingerprint density at radius 2 is 1.66 bits per heavy atom. The molecule has 154 valence electrons. The third kappa shape index (κ3) is 4.75. The lowest BCUT2D eigenvalue weighted by molar-refractivity contribution is -0.115. The van der Waals surface area contributed by atoms with Crippen LogP contribution in [0.5, 0.6) is 0 Å². The summed E-state index contributed by atoms with van der Waals surface area (Å²) in [6.45, 7) is 15.2. The molecule has 0 aliphatic heterocycles. The number of amides is 1. The van der Waals surface area contributed by atoms with Crippen molar-refractivity contribution >= 4 is 11.7 Å². The molecule has 2 heterocycles. The quantitative estimate of drug-likeness (QED) is 0.673. The van der Waals surface area contributed by atoms with E-state index in [1.807, 2.05) is 31.5 Å². The normalized spacial score (nSPS) is 11.3. The first-order valence-corrected chi connectivity index (χ1v) is 10.1. The number of aryl methyl sites for hydroxylation is 4. The largest absolute Gasteiger partial charge is 0.310 e. The van der Waals surface area contributed by atoms with Crippen molar-refractivity contribution in [2.45, 2.75) is 61.4 Å². The van der Waals surface area contributed by atoms with Crippen LogP contribution in [0.2, 0.25) is 0 Å². The number of aromatic nitrogens is 4. The lowest BCUT2D eigenvalue weighted by Gasteiger charge is -2.11. The van der Waals surface area contributed by atoms with Gasteiger partial charge in [-0.1, -0.05) is 19.9 Å². The highest BCUT2D eigenvalue weighted by atomic mass is 16.1. The topological polar surface area (TPSA) is 64.7 Å². The number of carbonyl (C=O) groups is 1. The van der Waals surface area contributed by atoms with Crippen LogP contribution in [0, 0.1) is 40.5 Å². The van der Waals surface area contributed by atoms with Crippen molar-refractivity contribution < 1.29 is 4.79 Å². The van der Waals surface area contributed by atoms with Crippen molar-refractivity contribution in [1.29, 1.82) is 0 Å². The summed E-state index contributed by atoms with van der Waals surface area (Å²) < 4.78 is 3.81. The summed E-state index contributed by atoms with van der Waals surface area (Å²) in [6, 6.07) is 8.16. The fourth-order valence-corrected chi connectivity index (χ4v) is 3.72. The summed E-state index contributed by atoms with van der Waals surface area (Å²) >= 11 is 0. The van der Waals surface area contributed by atoms with Crippen LogP contribution in [0.3, 0.4) is 0 Å². The Hall–Kier alpha value is -2.89. The molecule has 0 fully saturated rings. The molecular formula is C23H31N5O. The van der Waals surface area contributed by atoms with Gasteiger partial charge in [-0.15, -0.1) is 0 Å². The Labute approximate surface area is 172 Å². The van der Waals surface area contributed by atoms with E-state index >= 15 is 0 Å². The summed E-state index contributed by atoms with van der Waals surface area (Å²) in [4.78, 5) is 12.9. The summed E-state index contributed by atoms with van der Waals surface area (Å²) in [5.74, 6) is 1.12. The van der Waals surface area contributed by atoms with Crippen molar-refractivity contribution in [3.8, 4) is 5.69 Å². The number of hydrogen-bond acceptors (Lipinski definition) is 3. The Balaban J connectivity index is 1.83. The van der Waals surface area contributed by atoms with Gasteiger partial charge in [-0.3, -0.25) is 9.48 Å². The Morgan fingerprint density at radius 1 is 1.00 bits per heavy atom. The van der Waals surface area contributed by atoms with Gasteiger partial charge in [-0.25, -0.2) is 4.68 Å². The second-order valence-electron chi connectivity index (χ2n) is 8.38. The van der Waals surface area contributed by atoms with E-state index in [1.54, 1.807) is 4.68 Å². The third-order valence-corrected chi connectivity index (χ3v) is 4.96. The minimum atomic E-state index is -0.0641. The molecule has 0 saturated heterocycles. The van der Waals surface area contributed by atoms with E-state index in [0.717, 1.165) is 46.0 Å². The summed E-state index contributed by atoms with van der Waals surface area (Å²) in [5, 5.41) is 12.2. The number of rotatable bonds is 6. The molecule has 1 amide bonds. The van der Waals surface area contributed by atoms with Crippen molar-refractivity contribution in [2.24, 2.45) is 5.92 Å². The van der Waals surface area contributed by atoms with E-state index < -0.39 is 0 Å². The monoisotopic (exact) mass is 393 g/mol. The van der Waals surface area contributed by atoms with Gasteiger partial charge in [0, 0.05) is 23.9 Å². The Bertz CT molecular complexity index is 1020. The second-order valence-corrected chi connectivity index (χ2v) is 8.38. The maximum atomic E-state index is 12.9. The second kappa shape index (κ2) is 8.23. The summed E-state index contributed by atoms with van der Waals surface area (Å²) in [5.41, 5.74) is 7.10. The minimum Gasteiger partial charge on any atom is -0.310 e. The first-order chi connectivity index (χ1) is 13.6. The number of hydrogen-bond donors (Lipinski definition) is 1. The van der Waals surface area contributed by atoms with Crippen molar-refractivity contribution in [2.75, 3.05) is 5.32 Å². The highest BCUT2D eigenvalue weighted by molar-refractivity contribution is 5.92. The molecule has 6 nitrogen and oxygen atoms in total. The highest BCUT2D eigenvalue weighted by Crippen LogP contribution is 2.21. The molecule has 2 aromatic heterocycles. The minimum absolute atomic E-state index is 0.0641. The van der Waals surface area contributed by atoms with Gasteiger partial charge in [0.1, 0.15) is 5.82 Å². The van der Waals surface area contributed by atoms with Gasteiger partial charge < -0.3 is 5.32 Å². The predicted molar refractivity (Wildman–Crippen MR) is 117 cm³/mol. The van der Waals surface area contributed by atoms with Gasteiger partial charge in [-0.2, -0.15) is 10.2 Å². The van der Waals surface area contributed by atoms with Crippen LogP contribution in [-0.4, -0.2) is 25.5 Å². The van der Waals surface area contributed by atoms with E-state index in [9.17, 15) is 4.79 Å². The van der Waals surface area contributed by atoms with Crippen LogP contribution in [0.25, 0.3) is 5.69 Å². The summed E-state index contributed by atoms with van der Waals surface area (Å²) in [7, 11) is 0. The molecule has 0 radical (unpaired) electrons. The third-order valence-electron chi connectivity index (χ3n) is 4.96. The molecule has 1 aromatic carbocycles. The number of nitrogens with zero attached hydrogens (tertiary/aromatic N) is 4. The zero-order chi connectivity index (χ0) is 21.3. The number of benzene rings is 1. The molecule has 0 aliphatic carbocycles. The van der Waals surface area contributed by atoms with Crippen molar-refractivity contribution in [1.82, 2.24) is 19.6 Å². The molecule has 0 saturated carbocycles. The van der Waals surface area contributed by atoms with Crippen molar-refractivity contribution in [3.63, 3.8) is 0 Å². The maximum Gasteiger partial charge on any atom is 0.230 e. The zero-order valence-corrected chi connectivity index (χ0v) is 18.5. The average molecular weight is 394 g/mol. The first kappa shape index (κ1) is 20.8. The van der Waals surface area contributed by atoms with Gasteiger partial charge in [0.05, 0.1) is 23.5 Å². The fraction of sp³-hybridized carbons (Fsp3) is 0.435. The molecule has 0 bridgehead atoms. The van der Waals surface area contributed by atoms with Crippen LogP contribution in [0.15, 0.2) is 24.3 Å². The van der Waals surface area contributed by atoms with Gasteiger partial charge in [0.2, 0.25) is 5.91 Å². The molecule has 1 N–H and O–H groups in total. The lowest BCUT2D eigenvalue weighted by Crippen LogP contribution is -2.18. The van der Waals surface area contributed by atoms with Crippen LogP contribution in [0.4, 0.5) is 5.82 Å². The average Bonchev–Trinajstić information content (AvgIpc) is 3.08. The Kier molecular flexibility index (Phi) is 5.91. The highest BCUT2D eigenvalue weighted by Gasteiger charge is 2.17. The van der Waals surface area contributed by atoms with E-state index in [-0.39, 0.29) is 5.91 Å². The van der Waals surface area contributed by atoms with Crippen LogP contribution >= 0.6 is 0 Å². The Morgan fingerprint density at radius 3 is 2.28 bits per heavy atom. The summed E-state index contributed by atoms with van der Waals surface area (Å²) in [6.07, 6.45) is 0.298. The molecule has 6 heteroatoms. The van der Waals surface area contributed by atoms with E-state index in [0.29, 0.717) is 18.2 Å². The molecule has 0 unspecified atom stereocenters. The van der Waals surface area contributed by atoms with E-state index in [2.05, 4.69) is 61.4 Å². The lowest BCUT2D eigenvalue weighted by atomic mass is 10.1. The van der Waals surface area contributed by atoms with Crippen molar-refractivity contribution in [3.05, 3.63) is 58.0 Å². The van der Waals surface area contributed by atoms with E-state index in [1.165, 1.54) is 0 Å². The van der Waals surface area contributed by atoms with E-state index in [4.69, 9.17) is 0 Å². The number of anilines is 1. The van der Waals surface area contributed by atoms with Gasteiger partial charge in [0.25, 0.3) is 0 Å². The first-order valence-electron chi connectivity index (χ1n) is 10.1. The van der Waals surface area contributed by atoms with Gasteiger partial charge in [0.15, 0.2) is 0 Å². The standard InChI is InChI=1S/C23H31N5O/c1-14(2)13-27-19(7)21(18(6)26-27)12-23(29)24-22-11-17(5)25-28(22)20-9-15(3)8-16(4)10-20/h8-11,14H,12-13H2,1-7H3,(H,24,29). The van der Waals surface area contributed by atoms with Crippen LogP contribution < -0.4 is 5.32 Å². The van der Waals surface area contributed by atoms with Crippen LogP contribution in [-0.2, 0) is 17.8 Å². The molecule has 0 aliphatic rings. The maximum absolute atomic E-state index is 12.9. The fourth-order valence-electron chi connectivity index (χ4n) is 3.72. The molecule has 3 aromatic rings. The van der Waals surface area contributed by atoms with Gasteiger partial charge >= 0.3 is 0 Å². The molecule has 3 rings (SSSR count). The smallest absolute Gasteiger partial charge is 0.230 e. The SMILES string of the molecule is Cc1cc(C)cc(-n2nc(C)cc2NC(=O)Cc2c(C)nn(CC(C)C)c2C)c1. The van der Waals surface area contributed by atoms with Crippen LogP contribution in [0.1, 0.15) is 47.6 Å². The number of carbonyl (C=O) groups excluding carboxylic acids is 1. The zero-order valence-electron chi connectivity index (χ0n) is 18.5. The number of nitrogens with one attached hydrogen (secondary N) is 1. The van der Waals surface area contributed by atoms with Gasteiger partial charge in [-0.05, 0) is 63.8 Å². The predicted octanol–water partition coefficient (Wildman–Crippen LogP) is 4.45.